The fourth-order valence-electron chi connectivity index (χ4n) is 1.91. The van der Waals surface area contributed by atoms with Crippen LogP contribution >= 0.6 is 0 Å². The molecule has 5 nitrogen and oxygen atoms in total. The van der Waals surface area contributed by atoms with Crippen molar-refractivity contribution in [3.05, 3.63) is 0 Å². The molecule has 0 aliphatic carbocycles. The SMILES string of the molecule is CCC(N)C(=O)N1CCCC1(C)C(=O)O. The Morgan fingerprint density at radius 1 is 1.60 bits per heavy atom. The Balaban J connectivity index is 2.86. The van der Waals surface area contributed by atoms with Crippen molar-refractivity contribution in [3.8, 4) is 0 Å². The van der Waals surface area contributed by atoms with Gasteiger partial charge < -0.3 is 15.7 Å². The second kappa shape index (κ2) is 4.18. The number of likely N-dealkylation sites (tertiary alicyclic amines) is 1. The monoisotopic (exact) mass is 214 g/mol. The summed E-state index contributed by atoms with van der Waals surface area (Å²) >= 11 is 0. The molecule has 1 fully saturated rings. The molecule has 86 valence electrons. The highest BCUT2D eigenvalue weighted by Crippen LogP contribution is 2.29. The van der Waals surface area contributed by atoms with Crippen LogP contribution in [0.5, 0.6) is 0 Å². The van der Waals surface area contributed by atoms with Gasteiger partial charge in [-0.2, -0.15) is 0 Å². The molecule has 2 atom stereocenters. The summed E-state index contributed by atoms with van der Waals surface area (Å²) in [6.45, 7) is 3.90. The van der Waals surface area contributed by atoms with Crippen LogP contribution in [0.2, 0.25) is 0 Å². The molecule has 0 aromatic rings. The maximum atomic E-state index is 11.8. The third kappa shape index (κ3) is 1.97. The topological polar surface area (TPSA) is 83.6 Å². The highest BCUT2D eigenvalue weighted by atomic mass is 16.4. The van der Waals surface area contributed by atoms with Gasteiger partial charge in [0.1, 0.15) is 5.54 Å². The van der Waals surface area contributed by atoms with E-state index in [4.69, 9.17) is 10.8 Å². The fraction of sp³-hybridized carbons (Fsp3) is 0.800. The molecule has 0 bridgehead atoms. The summed E-state index contributed by atoms with van der Waals surface area (Å²) < 4.78 is 0. The van der Waals surface area contributed by atoms with E-state index in [2.05, 4.69) is 0 Å². The Kier molecular flexibility index (Phi) is 3.34. The quantitative estimate of drug-likeness (QED) is 0.702. The number of carboxylic acid groups (broad SMARTS) is 1. The standard InChI is InChI=1S/C10H18N2O3/c1-3-7(11)8(13)12-6-4-5-10(12,2)9(14)15/h7H,3-6,11H2,1-2H3,(H,14,15). The summed E-state index contributed by atoms with van der Waals surface area (Å²) in [5, 5.41) is 9.11. The average molecular weight is 214 g/mol. The van der Waals surface area contributed by atoms with Crippen LogP contribution in [0.15, 0.2) is 0 Å². The molecule has 15 heavy (non-hydrogen) atoms. The zero-order valence-corrected chi connectivity index (χ0v) is 9.19. The molecule has 1 rings (SSSR count). The van der Waals surface area contributed by atoms with E-state index >= 15 is 0 Å². The molecule has 2 unspecified atom stereocenters. The Labute approximate surface area is 89.2 Å². The molecule has 0 radical (unpaired) electrons. The molecule has 5 heteroatoms. The first kappa shape index (κ1) is 12.0. The predicted molar refractivity (Wildman–Crippen MR) is 55.3 cm³/mol. The van der Waals surface area contributed by atoms with Crippen LogP contribution in [0.3, 0.4) is 0 Å². The highest BCUT2D eigenvalue weighted by Gasteiger charge is 2.46. The lowest BCUT2D eigenvalue weighted by molar-refractivity contribution is -0.155. The first-order valence-electron chi connectivity index (χ1n) is 5.24. The van der Waals surface area contributed by atoms with Gasteiger partial charge >= 0.3 is 5.97 Å². The van der Waals surface area contributed by atoms with Gasteiger partial charge in [-0.25, -0.2) is 4.79 Å². The molecule has 1 aliphatic heterocycles. The van der Waals surface area contributed by atoms with E-state index in [1.165, 1.54) is 4.90 Å². The van der Waals surface area contributed by atoms with E-state index in [0.29, 0.717) is 19.4 Å². The smallest absolute Gasteiger partial charge is 0.329 e. The van der Waals surface area contributed by atoms with Gasteiger partial charge in [-0.3, -0.25) is 4.79 Å². The summed E-state index contributed by atoms with van der Waals surface area (Å²) in [7, 11) is 0. The van der Waals surface area contributed by atoms with Crippen LogP contribution in [0.4, 0.5) is 0 Å². The van der Waals surface area contributed by atoms with Crippen molar-refractivity contribution in [2.24, 2.45) is 5.73 Å². The molecule has 3 N–H and O–H groups in total. The number of carboxylic acids is 1. The van der Waals surface area contributed by atoms with Crippen LogP contribution in [0.25, 0.3) is 0 Å². The van der Waals surface area contributed by atoms with Gasteiger partial charge in [0.25, 0.3) is 0 Å². The number of carbonyl (C=O) groups excluding carboxylic acids is 1. The highest BCUT2D eigenvalue weighted by molar-refractivity contribution is 5.89. The summed E-state index contributed by atoms with van der Waals surface area (Å²) in [4.78, 5) is 24.4. The Morgan fingerprint density at radius 3 is 2.67 bits per heavy atom. The van der Waals surface area contributed by atoms with Crippen molar-refractivity contribution in [1.82, 2.24) is 4.90 Å². The average Bonchev–Trinajstić information content (AvgIpc) is 2.59. The number of nitrogens with two attached hydrogens (primary N) is 1. The summed E-state index contributed by atoms with van der Waals surface area (Å²) in [6, 6.07) is -0.582. The second-order valence-electron chi connectivity index (χ2n) is 4.19. The molecule has 0 aromatic carbocycles. The molecule has 0 spiro atoms. The zero-order valence-electron chi connectivity index (χ0n) is 9.19. The molecule has 0 aromatic heterocycles. The minimum atomic E-state index is -1.07. The van der Waals surface area contributed by atoms with E-state index in [1.807, 2.05) is 6.92 Å². The van der Waals surface area contributed by atoms with E-state index in [1.54, 1.807) is 6.92 Å². The minimum absolute atomic E-state index is 0.250. The molecule has 1 aliphatic rings. The first-order valence-corrected chi connectivity index (χ1v) is 5.24. The number of carbonyl (C=O) groups is 2. The number of hydrogen-bond acceptors (Lipinski definition) is 3. The zero-order chi connectivity index (χ0) is 11.6. The number of rotatable bonds is 3. The number of hydrogen-bond donors (Lipinski definition) is 2. The normalized spacial score (nSPS) is 27.8. The molecule has 1 heterocycles. The van der Waals surface area contributed by atoms with Crippen LogP contribution < -0.4 is 5.73 Å². The van der Waals surface area contributed by atoms with Gasteiger partial charge in [0, 0.05) is 6.54 Å². The minimum Gasteiger partial charge on any atom is -0.480 e. The van der Waals surface area contributed by atoms with Crippen molar-refractivity contribution in [2.45, 2.75) is 44.7 Å². The summed E-state index contributed by atoms with van der Waals surface area (Å²) in [6.07, 6.45) is 1.76. The third-order valence-corrected chi connectivity index (χ3v) is 3.12. The summed E-state index contributed by atoms with van der Waals surface area (Å²) in [5.41, 5.74) is 4.57. The molecule has 1 saturated heterocycles. The van der Waals surface area contributed by atoms with Crippen molar-refractivity contribution in [2.75, 3.05) is 6.54 Å². The largest absolute Gasteiger partial charge is 0.480 e. The Morgan fingerprint density at radius 2 is 2.20 bits per heavy atom. The maximum absolute atomic E-state index is 11.8. The van der Waals surface area contributed by atoms with Crippen molar-refractivity contribution >= 4 is 11.9 Å². The van der Waals surface area contributed by atoms with E-state index in [0.717, 1.165) is 6.42 Å². The van der Waals surface area contributed by atoms with Crippen LogP contribution in [-0.4, -0.2) is 40.0 Å². The van der Waals surface area contributed by atoms with Gasteiger partial charge in [0.2, 0.25) is 5.91 Å². The lowest BCUT2D eigenvalue weighted by Crippen LogP contribution is -2.55. The van der Waals surface area contributed by atoms with Gasteiger partial charge in [-0.1, -0.05) is 6.92 Å². The van der Waals surface area contributed by atoms with Gasteiger partial charge in [-0.05, 0) is 26.2 Å². The molecular weight excluding hydrogens is 196 g/mol. The van der Waals surface area contributed by atoms with Gasteiger partial charge in [-0.15, -0.1) is 0 Å². The van der Waals surface area contributed by atoms with Crippen molar-refractivity contribution in [1.29, 1.82) is 0 Å². The number of aliphatic carboxylic acids is 1. The predicted octanol–water partition coefficient (Wildman–Crippen LogP) is 0.189. The Bertz CT molecular complexity index is 280. The number of nitrogens with zero attached hydrogens (tertiary/aromatic N) is 1. The Hall–Kier alpha value is -1.10. The maximum Gasteiger partial charge on any atom is 0.329 e. The molecule has 0 saturated carbocycles. The summed E-state index contributed by atoms with van der Waals surface area (Å²) in [5.74, 6) is -1.20. The van der Waals surface area contributed by atoms with E-state index < -0.39 is 17.6 Å². The first-order chi connectivity index (χ1) is 6.93. The fourth-order valence-corrected chi connectivity index (χ4v) is 1.91. The van der Waals surface area contributed by atoms with Crippen molar-refractivity contribution in [3.63, 3.8) is 0 Å². The van der Waals surface area contributed by atoms with Crippen LogP contribution in [0, 0.1) is 0 Å². The number of amides is 1. The second-order valence-corrected chi connectivity index (χ2v) is 4.19. The van der Waals surface area contributed by atoms with Crippen LogP contribution in [-0.2, 0) is 9.59 Å². The van der Waals surface area contributed by atoms with E-state index in [9.17, 15) is 9.59 Å². The van der Waals surface area contributed by atoms with Gasteiger partial charge in [0.05, 0.1) is 6.04 Å². The third-order valence-electron chi connectivity index (χ3n) is 3.12. The van der Waals surface area contributed by atoms with Gasteiger partial charge in [0.15, 0.2) is 0 Å². The lowest BCUT2D eigenvalue weighted by atomic mass is 9.98. The molecule has 1 amide bonds. The van der Waals surface area contributed by atoms with Crippen LogP contribution in [0.1, 0.15) is 33.1 Å². The lowest BCUT2D eigenvalue weighted by Gasteiger charge is -2.32. The molecular formula is C10H18N2O3. The van der Waals surface area contributed by atoms with Crippen molar-refractivity contribution < 1.29 is 14.7 Å². The van der Waals surface area contributed by atoms with E-state index in [-0.39, 0.29) is 5.91 Å².